The van der Waals surface area contributed by atoms with E-state index in [1.807, 2.05) is 71.0 Å². The number of imide groups is 1. The van der Waals surface area contributed by atoms with Gasteiger partial charge >= 0.3 is 0 Å². The molecule has 3 atom stereocenters. The summed E-state index contributed by atoms with van der Waals surface area (Å²) in [5, 5.41) is 2.99. The van der Waals surface area contributed by atoms with Gasteiger partial charge in [0.05, 0.1) is 11.8 Å². The summed E-state index contributed by atoms with van der Waals surface area (Å²) in [6, 6.07) is 7.13. The number of hydrogen-bond acceptors (Lipinski definition) is 4. The van der Waals surface area contributed by atoms with Crippen LogP contribution in [-0.2, 0) is 25.7 Å². The number of aryl methyl sites for hydroxylation is 1. The highest BCUT2D eigenvalue weighted by molar-refractivity contribution is 6.05. The van der Waals surface area contributed by atoms with Crippen LogP contribution in [0.1, 0.15) is 64.5 Å². The van der Waals surface area contributed by atoms with Gasteiger partial charge in [-0.25, -0.2) is 0 Å². The fourth-order valence-corrected chi connectivity index (χ4v) is 4.78. The van der Waals surface area contributed by atoms with E-state index in [1.165, 1.54) is 4.90 Å². The van der Waals surface area contributed by atoms with Crippen molar-refractivity contribution in [1.29, 1.82) is 0 Å². The second-order valence-electron chi connectivity index (χ2n) is 10.3. The van der Waals surface area contributed by atoms with Crippen molar-refractivity contribution >= 4 is 23.6 Å². The summed E-state index contributed by atoms with van der Waals surface area (Å²) in [5.74, 6) is -1.44. The van der Waals surface area contributed by atoms with Crippen LogP contribution in [0.15, 0.2) is 36.4 Å². The SMILES string of the molecule is CCC(C(=O)NC(C)(C)C)N(Cc1ccccc1C)C(=O)CCN1C(=O)[C@H]2CC=CC[C@H]2C1=O. The van der Waals surface area contributed by atoms with E-state index in [0.29, 0.717) is 25.8 Å². The summed E-state index contributed by atoms with van der Waals surface area (Å²) < 4.78 is 0. The number of nitrogens with zero attached hydrogens (tertiary/aromatic N) is 2. The van der Waals surface area contributed by atoms with E-state index >= 15 is 0 Å². The Morgan fingerprint density at radius 3 is 2.21 bits per heavy atom. The van der Waals surface area contributed by atoms with Crippen LogP contribution in [0.3, 0.4) is 0 Å². The maximum Gasteiger partial charge on any atom is 0.243 e. The lowest BCUT2D eigenvalue weighted by Crippen LogP contribution is -2.53. The summed E-state index contributed by atoms with van der Waals surface area (Å²) in [5.41, 5.74) is 1.57. The summed E-state index contributed by atoms with van der Waals surface area (Å²) in [6.07, 6.45) is 5.50. The largest absolute Gasteiger partial charge is 0.350 e. The first-order valence-corrected chi connectivity index (χ1v) is 12.2. The summed E-state index contributed by atoms with van der Waals surface area (Å²) in [7, 11) is 0. The van der Waals surface area contributed by atoms with Gasteiger partial charge in [-0.2, -0.15) is 0 Å². The van der Waals surface area contributed by atoms with E-state index in [-0.39, 0.29) is 48.4 Å². The van der Waals surface area contributed by atoms with Crippen molar-refractivity contribution in [2.45, 2.75) is 78.4 Å². The zero-order chi connectivity index (χ0) is 25.0. The van der Waals surface area contributed by atoms with Gasteiger partial charge in [0.1, 0.15) is 6.04 Å². The van der Waals surface area contributed by atoms with Crippen molar-refractivity contribution < 1.29 is 19.2 Å². The summed E-state index contributed by atoms with van der Waals surface area (Å²) >= 11 is 0. The highest BCUT2D eigenvalue weighted by Gasteiger charge is 2.47. The predicted octanol–water partition coefficient (Wildman–Crippen LogP) is 3.36. The average molecular weight is 468 g/mol. The van der Waals surface area contributed by atoms with Gasteiger partial charge < -0.3 is 10.2 Å². The van der Waals surface area contributed by atoms with E-state index in [4.69, 9.17) is 0 Å². The minimum Gasteiger partial charge on any atom is -0.350 e. The highest BCUT2D eigenvalue weighted by atomic mass is 16.2. The second-order valence-corrected chi connectivity index (χ2v) is 10.3. The Morgan fingerprint density at radius 1 is 1.09 bits per heavy atom. The highest BCUT2D eigenvalue weighted by Crippen LogP contribution is 2.35. The third-order valence-corrected chi connectivity index (χ3v) is 6.63. The number of nitrogens with one attached hydrogen (secondary N) is 1. The molecule has 1 N–H and O–H groups in total. The molecule has 34 heavy (non-hydrogen) atoms. The van der Waals surface area contributed by atoms with Crippen LogP contribution in [0.25, 0.3) is 0 Å². The molecule has 0 spiro atoms. The fraction of sp³-hybridized carbons (Fsp3) is 0.556. The Balaban J connectivity index is 1.78. The molecule has 7 heteroatoms. The molecule has 2 aliphatic rings. The van der Waals surface area contributed by atoms with Gasteiger partial charge in [-0.3, -0.25) is 24.1 Å². The lowest BCUT2D eigenvalue weighted by Gasteiger charge is -2.33. The molecular weight excluding hydrogens is 430 g/mol. The Morgan fingerprint density at radius 2 is 1.68 bits per heavy atom. The first kappa shape index (κ1) is 25.7. The fourth-order valence-electron chi connectivity index (χ4n) is 4.78. The van der Waals surface area contributed by atoms with Gasteiger partial charge in [-0.15, -0.1) is 0 Å². The first-order valence-electron chi connectivity index (χ1n) is 12.2. The molecule has 184 valence electrons. The number of allylic oxidation sites excluding steroid dienone is 2. The lowest BCUT2D eigenvalue weighted by molar-refractivity contribution is -0.144. The van der Waals surface area contributed by atoms with Crippen LogP contribution in [0, 0.1) is 18.8 Å². The molecule has 1 heterocycles. The minimum absolute atomic E-state index is 0.00444. The Kier molecular flexibility index (Phi) is 7.95. The van der Waals surface area contributed by atoms with Crippen LogP contribution in [0.4, 0.5) is 0 Å². The van der Waals surface area contributed by atoms with Crippen LogP contribution in [0.5, 0.6) is 0 Å². The van der Waals surface area contributed by atoms with E-state index < -0.39 is 11.6 Å². The van der Waals surface area contributed by atoms with Crippen molar-refractivity contribution in [3.63, 3.8) is 0 Å². The van der Waals surface area contributed by atoms with Crippen molar-refractivity contribution in [2.24, 2.45) is 11.8 Å². The Bertz CT molecular complexity index is 952. The molecule has 4 amide bonds. The monoisotopic (exact) mass is 467 g/mol. The predicted molar refractivity (Wildman–Crippen MR) is 130 cm³/mol. The van der Waals surface area contributed by atoms with Gasteiger partial charge in [0.25, 0.3) is 0 Å². The molecular formula is C27H37N3O4. The maximum absolute atomic E-state index is 13.5. The minimum atomic E-state index is -0.650. The number of amides is 4. The number of fused-ring (bicyclic) bond motifs is 1. The van der Waals surface area contributed by atoms with Crippen LogP contribution in [-0.4, -0.2) is 51.6 Å². The van der Waals surface area contributed by atoms with E-state index in [1.54, 1.807) is 4.90 Å². The standard InChI is InChI=1S/C27H37N3O4/c1-6-22(24(32)28-27(3,4)5)30(17-19-12-8-7-11-18(19)2)23(31)15-16-29-25(33)20-13-9-10-14-21(20)26(29)34/h7-12,20-22H,6,13-17H2,1-5H3,(H,28,32)/t20-,21+,22?. The molecule has 0 aromatic heterocycles. The quantitative estimate of drug-likeness (QED) is 0.469. The first-order chi connectivity index (χ1) is 16.0. The van der Waals surface area contributed by atoms with Crippen LogP contribution < -0.4 is 5.32 Å². The molecule has 0 saturated carbocycles. The summed E-state index contributed by atoms with van der Waals surface area (Å²) in [4.78, 5) is 55.1. The molecule has 1 fully saturated rings. The topological polar surface area (TPSA) is 86.8 Å². The second kappa shape index (κ2) is 10.5. The molecule has 3 rings (SSSR count). The number of benzene rings is 1. The van der Waals surface area contributed by atoms with Gasteiger partial charge in [0, 0.05) is 25.0 Å². The van der Waals surface area contributed by atoms with Gasteiger partial charge in [0.2, 0.25) is 23.6 Å². The van der Waals surface area contributed by atoms with Gasteiger partial charge in [-0.05, 0) is 58.1 Å². The van der Waals surface area contributed by atoms with E-state index in [9.17, 15) is 19.2 Å². The number of hydrogen-bond donors (Lipinski definition) is 1. The third-order valence-electron chi connectivity index (χ3n) is 6.63. The Hall–Kier alpha value is -2.96. The molecule has 0 bridgehead atoms. The lowest BCUT2D eigenvalue weighted by atomic mass is 9.85. The van der Waals surface area contributed by atoms with Crippen molar-refractivity contribution in [3.05, 3.63) is 47.5 Å². The van der Waals surface area contributed by atoms with Crippen molar-refractivity contribution in [1.82, 2.24) is 15.1 Å². The number of carbonyl (C=O) groups is 4. The molecule has 1 aliphatic heterocycles. The molecule has 1 aromatic carbocycles. The molecule has 7 nitrogen and oxygen atoms in total. The smallest absolute Gasteiger partial charge is 0.243 e. The van der Waals surface area contributed by atoms with Crippen LogP contribution >= 0.6 is 0 Å². The van der Waals surface area contributed by atoms with Gasteiger partial charge in [-0.1, -0.05) is 43.3 Å². The zero-order valence-corrected chi connectivity index (χ0v) is 21.0. The molecule has 1 aromatic rings. The average Bonchev–Trinajstić information content (AvgIpc) is 3.02. The Labute approximate surface area is 202 Å². The molecule has 1 aliphatic carbocycles. The maximum atomic E-state index is 13.5. The number of likely N-dealkylation sites (tertiary alicyclic amines) is 1. The van der Waals surface area contributed by atoms with E-state index in [0.717, 1.165) is 11.1 Å². The number of carbonyl (C=O) groups excluding carboxylic acids is 4. The molecule has 0 radical (unpaired) electrons. The normalized spacial score (nSPS) is 20.8. The zero-order valence-electron chi connectivity index (χ0n) is 21.0. The molecule has 1 saturated heterocycles. The molecule has 1 unspecified atom stereocenters. The van der Waals surface area contributed by atoms with Crippen molar-refractivity contribution in [2.75, 3.05) is 6.54 Å². The van der Waals surface area contributed by atoms with Gasteiger partial charge in [0.15, 0.2) is 0 Å². The number of rotatable bonds is 8. The van der Waals surface area contributed by atoms with E-state index in [2.05, 4.69) is 5.32 Å². The van der Waals surface area contributed by atoms with Crippen molar-refractivity contribution in [3.8, 4) is 0 Å². The third kappa shape index (κ3) is 5.75. The summed E-state index contributed by atoms with van der Waals surface area (Å²) in [6.45, 7) is 9.92. The van der Waals surface area contributed by atoms with Crippen LogP contribution in [0.2, 0.25) is 0 Å².